The zero-order valence-electron chi connectivity index (χ0n) is 16.7. The molecule has 160 valence electrons. The summed E-state index contributed by atoms with van der Waals surface area (Å²) in [4.78, 5) is 21.8. The molecule has 1 aromatic heterocycles. The highest BCUT2D eigenvalue weighted by molar-refractivity contribution is 6.35. The summed E-state index contributed by atoms with van der Waals surface area (Å²) in [7, 11) is 0. The van der Waals surface area contributed by atoms with Crippen LogP contribution in [0.1, 0.15) is 18.4 Å². The van der Waals surface area contributed by atoms with E-state index in [-0.39, 0.29) is 11.5 Å². The van der Waals surface area contributed by atoms with Crippen LogP contribution in [-0.4, -0.2) is 28.0 Å². The van der Waals surface area contributed by atoms with Gasteiger partial charge in [0, 0.05) is 28.8 Å². The number of hydrogen-bond acceptors (Lipinski definition) is 6. The molecule has 9 heteroatoms. The highest BCUT2D eigenvalue weighted by Gasteiger charge is 2.30. The van der Waals surface area contributed by atoms with E-state index in [1.807, 2.05) is 11.0 Å². The number of halogens is 2. The third-order valence-electron chi connectivity index (χ3n) is 5.39. The van der Waals surface area contributed by atoms with Crippen LogP contribution < -0.4 is 10.2 Å². The van der Waals surface area contributed by atoms with E-state index in [0.717, 1.165) is 19.3 Å². The number of nitro groups is 1. The predicted octanol–water partition coefficient (Wildman–Crippen LogP) is 5.89. The molecule has 1 fully saturated rings. The van der Waals surface area contributed by atoms with E-state index in [9.17, 15) is 10.1 Å². The van der Waals surface area contributed by atoms with Crippen LogP contribution >= 0.6 is 23.2 Å². The van der Waals surface area contributed by atoms with E-state index >= 15 is 0 Å². The van der Waals surface area contributed by atoms with Crippen molar-refractivity contribution in [2.45, 2.75) is 19.3 Å². The standard InChI is InChI=1S/C22H21Cl2N5O2/c23-17-11-18(24)13-19(12-17)27-21-20(29(30)31)22(26-14-25-21)28-8-6-16(7-9-28)10-15-4-2-1-3-5-15/h1-5,11-14,16H,6-10H2,(H,25,26,27). The summed E-state index contributed by atoms with van der Waals surface area (Å²) in [6, 6.07) is 15.3. The first-order chi connectivity index (χ1) is 15.0. The molecule has 0 aliphatic carbocycles. The summed E-state index contributed by atoms with van der Waals surface area (Å²) in [6.45, 7) is 1.41. The smallest absolute Gasteiger partial charge is 0.351 e. The Bertz CT molecular complexity index is 1050. The van der Waals surface area contributed by atoms with Crippen molar-refractivity contribution in [2.75, 3.05) is 23.3 Å². The van der Waals surface area contributed by atoms with Gasteiger partial charge in [-0.3, -0.25) is 10.1 Å². The lowest BCUT2D eigenvalue weighted by Crippen LogP contribution is -2.35. The molecule has 2 heterocycles. The first-order valence-electron chi connectivity index (χ1n) is 10.0. The average molecular weight is 458 g/mol. The maximum Gasteiger partial charge on any atom is 0.353 e. The molecule has 31 heavy (non-hydrogen) atoms. The van der Waals surface area contributed by atoms with E-state index in [2.05, 4.69) is 39.6 Å². The zero-order chi connectivity index (χ0) is 21.8. The average Bonchev–Trinajstić information content (AvgIpc) is 2.74. The fraction of sp³-hybridized carbons (Fsp3) is 0.273. The molecule has 0 bridgehead atoms. The first-order valence-corrected chi connectivity index (χ1v) is 10.8. The highest BCUT2D eigenvalue weighted by atomic mass is 35.5. The second-order valence-corrected chi connectivity index (χ2v) is 8.43. The van der Waals surface area contributed by atoms with Gasteiger partial charge < -0.3 is 10.2 Å². The molecule has 0 atom stereocenters. The van der Waals surface area contributed by atoms with Crippen LogP contribution in [0.3, 0.4) is 0 Å². The van der Waals surface area contributed by atoms with Crippen LogP contribution in [0.15, 0.2) is 54.9 Å². The topological polar surface area (TPSA) is 84.2 Å². The van der Waals surface area contributed by atoms with Crippen LogP contribution in [-0.2, 0) is 6.42 Å². The minimum absolute atomic E-state index is 0.111. The number of nitrogens with zero attached hydrogens (tertiary/aromatic N) is 4. The lowest BCUT2D eigenvalue weighted by molar-refractivity contribution is -0.383. The van der Waals surface area contributed by atoms with Gasteiger partial charge in [-0.1, -0.05) is 53.5 Å². The molecule has 0 unspecified atom stereocenters. The van der Waals surface area contributed by atoms with Crippen LogP contribution in [0.25, 0.3) is 0 Å². The van der Waals surface area contributed by atoms with Crippen LogP contribution in [0, 0.1) is 16.0 Å². The molecular formula is C22H21Cl2N5O2. The number of aromatic nitrogens is 2. The molecule has 1 N–H and O–H groups in total. The van der Waals surface area contributed by atoms with Gasteiger partial charge in [0.15, 0.2) is 0 Å². The van der Waals surface area contributed by atoms with E-state index in [1.165, 1.54) is 11.9 Å². The summed E-state index contributed by atoms with van der Waals surface area (Å²) in [5.74, 6) is 0.985. The van der Waals surface area contributed by atoms with Crippen molar-refractivity contribution in [3.05, 3.63) is 80.6 Å². The van der Waals surface area contributed by atoms with Crippen molar-refractivity contribution in [3.8, 4) is 0 Å². The monoisotopic (exact) mass is 457 g/mol. The Morgan fingerprint density at radius 3 is 2.39 bits per heavy atom. The Morgan fingerprint density at radius 1 is 1.06 bits per heavy atom. The highest BCUT2D eigenvalue weighted by Crippen LogP contribution is 2.36. The zero-order valence-corrected chi connectivity index (χ0v) is 18.2. The van der Waals surface area contributed by atoms with E-state index < -0.39 is 4.92 Å². The number of hydrogen-bond donors (Lipinski definition) is 1. The van der Waals surface area contributed by atoms with Gasteiger partial charge in [0.2, 0.25) is 11.6 Å². The maximum atomic E-state index is 11.9. The van der Waals surface area contributed by atoms with Gasteiger partial charge in [0.1, 0.15) is 6.33 Å². The number of anilines is 3. The SMILES string of the molecule is O=[N+]([O-])c1c(Nc2cc(Cl)cc(Cl)c2)ncnc1N1CCC(Cc2ccccc2)CC1. The quantitative estimate of drug-likeness (QED) is 0.366. The molecule has 1 aliphatic rings. The number of piperidine rings is 1. The second kappa shape index (κ2) is 9.49. The van der Waals surface area contributed by atoms with E-state index in [0.29, 0.717) is 40.6 Å². The molecule has 0 saturated carbocycles. The maximum absolute atomic E-state index is 11.9. The van der Waals surface area contributed by atoms with Crippen LogP contribution in [0.4, 0.5) is 23.0 Å². The Morgan fingerprint density at radius 2 is 1.74 bits per heavy atom. The normalized spacial score (nSPS) is 14.5. The summed E-state index contributed by atoms with van der Waals surface area (Å²) in [5, 5.41) is 15.7. The van der Waals surface area contributed by atoms with Gasteiger partial charge in [-0.2, -0.15) is 0 Å². The van der Waals surface area contributed by atoms with Crippen molar-refractivity contribution in [3.63, 3.8) is 0 Å². The number of nitrogens with one attached hydrogen (secondary N) is 1. The molecule has 2 aromatic carbocycles. The molecular weight excluding hydrogens is 437 g/mol. The lowest BCUT2D eigenvalue weighted by atomic mass is 9.90. The van der Waals surface area contributed by atoms with Crippen molar-refractivity contribution < 1.29 is 4.92 Å². The third kappa shape index (κ3) is 5.24. The molecule has 7 nitrogen and oxygen atoms in total. The third-order valence-corrected chi connectivity index (χ3v) is 5.83. The van der Waals surface area contributed by atoms with Crippen molar-refractivity contribution in [1.29, 1.82) is 0 Å². The molecule has 4 rings (SSSR count). The van der Waals surface area contributed by atoms with Gasteiger partial charge in [0.05, 0.1) is 4.92 Å². The van der Waals surface area contributed by atoms with E-state index in [1.54, 1.807) is 18.2 Å². The Labute approximate surface area is 190 Å². The Balaban J connectivity index is 1.52. The summed E-state index contributed by atoms with van der Waals surface area (Å²) < 4.78 is 0. The lowest BCUT2D eigenvalue weighted by Gasteiger charge is -2.32. The summed E-state index contributed by atoms with van der Waals surface area (Å²) in [5.41, 5.74) is 1.69. The molecule has 3 aromatic rings. The Kier molecular flexibility index (Phi) is 6.53. The largest absolute Gasteiger partial charge is 0.353 e. The molecule has 0 spiro atoms. The fourth-order valence-corrected chi connectivity index (χ4v) is 4.45. The van der Waals surface area contributed by atoms with Gasteiger partial charge in [-0.25, -0.2) is 9.97 Å². The first kappa shape index (κ1) is 21.3. The van der Waals surface area contributed by atoms with Crippen LogP contribution in [0.5, 0.6) is 0 Å². The van der Waals surface area contributed by atoms with Crippen molar-refractivity contribution >= 4 is 46.2 Å². The minimum Gasteiger partial charge on any atom is -0.351 e. The fourth-order valence-electron chi connectivity index (χ4n) is 3.92. The molecule has 0 radical (unpaired) electrons. The number of benzene rings is 2. The second-order valence-electron chi connectivity index (χ2n) is 7.55. The summed E-state index contributed by atoms with van der Waals surface area (Å²) >= 11 is 12.1. The molecule has 0 amide bonds. The van der Waals surface area contributed by atoms with Gasteiger partial charge >= 0.3 is 5.69 Å². The van der Waals surface area contributed by atoms with E-state index in [4.69, 9.17) is 23.2 Å². The van der Waals surface area contributed by atoms with Crippen LogP contribution in [0.2, 0.25) is 10.0 Å². The summed E-state index contributed by atoms with van der Waals surface area (Å²) in [6.07, 6.45) is 4.25. The van der Waals surface area contributed by atoms with Gasteiger partial charge in [-0.05, 0) is 48.9 Å². The van der Waals surface area contributed by atoms with Gasteiger partial charge in [-0.15, -0.1) is 0 Å². The Hall–Kier alpha value is -2.90. The molecule has 1 aliphatic heterocycles. The van der Waals surface area contributed by atoms with Crippen molar-refractivity contribution in [1.82, 2.24) is 9.97 Å². The predicted molar refractivity (Wildman–Crippen MR) is 124 cm³/mol. The minimum atomic E-state index is -0.445. The van der Waals surface area contributed by atoms with Gasteiger partial charge in [0.25, 0.3) is 0 Å². The van der Waals surface area contributed by atoms with Crippen molar-refractivity contribution in [2.24, 2.45) is 5.92 Å². The molecule has 1 saturated heterocycles. The number of rotatable bonds is 6.